The summed E-state index contributed by atoms with van der Waals surface area (Å²) in [7, 11) is 0. The van der Waals surface area contributed by atoms with Gasteiger partial charge in [-0.25, -0.2) is 4.79 Å². The maximum Gasteiger partial charge on any atom is 0.360 e. The summed E-state index contributed by atoms with van der Waals surface area (Å²) >= 11 is 12.0. The number of esters is 1. The van der Waals surface area contributed by atoms with E-state index in [0.29, 0.717) is 26.5 Å². The molecule has 2 aromatic carbocycles. The molecule has 1 amide bonds. The third-order valence-electron chi connectivity index (χ3n) is 4.10. The van der Waals surface area contributed by atoms with Gasteiger partial charge in [-0.1, -0.05) is 47.5 Å². The van der Waals surface area contributed by atoms with Crippen molar-refractivity contribution in [3.05, 3.63) is 63.8 Å². The number of carbonyl (C=O) groups is 2. The number of carbonyl (C=O) groups excluding carboxylic acids is 2. The maximum atomic E-state index is 12.4. The van der Waals surface area contributed by atoms with Gasteiger partial charge in [0.25, 0.3) is 5.91 Å². The molecule has 3 rings (SSSR count). The van der Waals surface area contributed by atoms with Crippen LogP contribution in [0.5, 0.6) is 0 Å². The Morgan fingerprint density at radius 3 is 2.63 bits per heavy atom. The second kappa shape index (κ2) is 7.98. The van der Waals surface area contributed by atoms with Gasteiger partial charge in [-0.2, -0.15) is 5.10 Å². The summed E-state index contributed by atoms with van der Waals surface area (Å²) in [6.07, 6.45) is -0.999. The second-order valence-electron chi connectivity index (χ2n) is 6.06. The standard InChI is InChI=1S/C19H17Cl2N3O3/c1-10(13-8-7-12(20)9-15(13)21)22-18(25)11(2)27-19(26)17-14-5-3-4-6-16(14)23-24-17/h3-11H,1-2H3,(H,22,25)(H,23,24)/t10-,11-/m1/s1. The molecule has 0 aliphatic heterocycles. The van der Waals surface area contributed by atoms with Crippen molar-refractivity contribution in [2.45, 2.75) is 26.0 Å². The molecule has 0 bridgehead atoms. The number of halogens is 2. The highest BCUT2D eigenvalue weighted by atomic mass is 35.5. The van der Waals surface area contributed by atoms with Crippen LogP contribution in [0.3, 0.4) is 0 Å². The van der Waals surface area contributed by atoms with Gasteiger partial charge in [-0.15, -0.1) is 0 Å². The topological polar surface area (TPSA) is 84.1 Å². The Bertz CT molecular complexity index is 1000. The third kappa shape index (κ3) is 4.23. The van der Waals surface area contributed by atoms with E-state index in [4.69, 9.17) is 27.9 Å². The van der Waals surface area contributed by atoms with E-state index in [1.807, 2.05) is 6.07 Å². The Labute approximate surface area is 165 Å². The van der Waals surface area contributed by atoms with Crippen molar-refractivity contribution in [2.75, 3.05) is 0 Å². The van der Waals surface area contributed by atoms with Gasteiger partial charge in [0.05, 0.1) is 11.6 Å². The molecule has 3 aromatic rings. The minimum absolute atomic E-state index is 0.138. The van der Waals surface area contributed by atoms with Crippen molar-refractivity contribution in [1.29, 1.82) is 0 Å². The number of aromatic nitrogens is 2. The Hall–Kier alpha value is -2.57. The van der Waals surface area contributed by atoms with Crippen LogP contribution in [-0.4, -0.2) is 28.2 Å². The summed E-state index contributed by atoms with van der Waals surface area (Å²) in [4.78, 5) is 24.7. The highest BCUT2D eigenvalue weighted by Gasteiger charge is 2.24. The molecular weight excluding hydrogens is 389 g/mol. The average Bonchev–Trinajstić information content (AvgIpc) is 3.05. The fraction of sp³-hybridized carbons (Fsp3) is 0.211. The predicted molar refractivity (Wildman–Crippen MR) is 104 cm³/mol. The Morgan fingerprint density at radius 2 is 1.89 bits per heavy atom. The lowest BCUT2D eigenvalue weighted by Crippen LogP contribution is -2.37. The van der Waals surface area contributed by atoms with Crippen molar-refractivity contribution in [3.8, 4) is 0 Å². The molecule has 2 N–H and O–H groups in total. The van der Waals surface area contributed by atoms with Gasteiger partial charge < -0.3 is 10.1 Å². The number of rotatable bonds is 5. The van der Waals surface area contributed by atoms with E-state index < -0.39 is 18.0 Å². The fourth-order valence-corrected chi connectivity index (χ4v) is 3.22. The molecule has 0 aliphatic carbocycles. The molecule has 1 heterocycles. The number of hydrogen-bond donors (Lipinski definition) is 2. The number of para-hydroxylation sites is 1. The highest BCUT2D eigenvalue weighted by molar-refractivity contribution is 6.35. The molecule has 140 valence electrons. The van der Waals surface area contributed by atoms with Crippen LogP contribution >= 0.6 is 23.2 Å². The molecule has 1 aromatic heterocycles. The Kier molecular flexibility index (Phi) is 5.68. The molecule has 0 fully saturated rings. The molecule has 0 saturated heterocycles. The van der Waals surface area contributed by atoms with E-state index in [9.17, 15) is 9.59 Å². The van der Waals surface area contributed by atoms with Gasteiger partial charge in [-0.05, 0) is 37.6 Å². The number of nitrogens with one attached hydrogen (secondary N) is 2. The number of aromatic amines is 1. The molecule has 8 heteroatoms. The van der Waals surface area contributed by atoms with E-state index in [2.05, 4.69) is 15.5 Å². The molecule has 27 heavy (non-hydrogen) atoms. The van der Waals surface area contributed by atoms with Crippen molar-refractivity contribution in [1.82, 2.24) is 15.5 Å². The highest BCUT2D eigenvalue weighted by Crippen LogP contribution is 2.26. The number of hydrogen-bond acceptors (Lipinski definition) is 4. The van der Waals surface area contributed by atoms with Crippen molar-refractivity contribution in [2.24, 2.45) is 0 Å². The fourth-order valence-electron chi connectivity index (χ4n) is 2.65. The number of nitrogens with zero attached hydrogens (tertiary/aromatic N) is 1. The molecular formula is C19H17Cl2N3O3. The van der Waals surface area contributed by atoms with Crippen LogP contribution in [0.2, 0.25) is 10.0 Å². The monoisotopic (exact) mass is 405 g/mol. The lowest BCUT2D eigenvalue weighted by atomic mass is 10.1. The van der Waals surface area contributed by atoms with E-state index in [-0.39, 0.29) is 11.7 Å². The zero-order valence-electron chi connectivity index (χ0n) is 14.6. The average molecular weight is 406 g/mol. The molecule has 0 saturated carbocycles. The zero-order valence-corrected chi connectivity index (χ0v) is 16.1. The SMILES string of the molecule is C[C@@H](OC(=O)c1n[nH]c2ccccc12)C(=O)N[C@H](C)c1ccc(Cl)cc1Cl. The first kappa shape index (κ1) is 19.2. The third-order valence-corrected chi connectivity index (χ3v) is 4.67. The predicted octanol–water partition coefficient (Wildman–Crippen LogP) is 4.29. The number of benzene rings is 2. The first-order valence-electron chi connectivity index (χ1n) is 8.26. The van der Waals surface area contributed by atoms with E-state index in [1.54, 1.807) is 43.3 Å². The molecule has 0 unspecified atom stereocenters. The van der Waals surface area contributed by atoms with Gasteiger partial charge in [0.2, 0.25) is 0 Å². The second-order valence-corrected chi connectivity index (χ2v) is 6.91. The van der Waals surface area contributed by atoms with Gasteiger partial charge >= 0.3 is 5.97 Å². The van der Waals surface area contributed by atoms with E-state index in [0.717, 1.165) is 0 Å². The molecule has 2 atom stereocenters. The molecule has 6 nitrogen and oxygen atoms in total. The van der Waals surface area contributed by atoms with Crippen molar-refractivity contribution < 1.29 is 14.3 Å². The quantitative estimate of drug-likeness (QED) is 0.619. The van der Waals surface area contributed by atoms with Gasteiger partial charge in [0.15, 0.2) is 11.8 Å². The minimum atomic E-state index is -0.999. The van der Waals surface area contributed by atoms with Crippen LogP contribution in [0, 0.1) is 0 Å². The van der Waals surface area contributed by atoms with Gasteiger partial charge in [0, 0.05) is 15.4 Å². The van der Waals surface area contributed by atoms with E-state index in [1.165, 1.54) is 6.92 Å². The first-order chi connectivity index (χ1) is 12.9. The first-order valence-corrected chi connectivity index (χ1v) is 9.02. The maximum absolute atomic E-state index is 12.4. The summed E-state index contributed by atoms with van der Waals surface area (Å²) in [6, 6.07) is 11.8. The number of ether oxygens (including phenoxy) is 1. The van der Waals surface area contributed by atoms with Crippen LogP contribution in [0.4, 0.5) is 0 Å². The van der Waals surface area contributed by atoms with Gasteiger partial charge in [-0.3, -0.25) is 9.89 Å². The molecule has 0 aliphatic rings. The summed E-state index contributed by atoms with van der Waals surface area (Å²) in [5.41, 5.74) is 1.57. The summed E-state index contributed by atoms with van der Waals surface area (Å²) in [5.74, 6) is -1.12. The minimum Gasteiger partial charge on any atom is -0.448 e. The lowest BCUT2D eigenvalue weighted by molar-refractivity contribution is -0.129. The van der Waals surface area contributed by atoms with Crippen LogP contribution in [-0.2, 0) is 9.53 Å². The van der Waals surface area contributed by atoms with Gasteiger partial charge in [0.1, 0.15) is 0 Å². The summed E-state index contributed by atoms with van der Waals surface area (Å²) < 4.78 is 5.26. The Balaban J connectivity index is 1.65. The number of H-pyrrole nitrogens is 1. The normalized spacial score (nSPS) is 13.2. The van der Waals surface area contributed by atoms with E-state index >= 15 is 0 Å². The van der Waals surface area contributed by atoms with Crippen LogP contribution in [0.1, 0.15) is 35.9 Å². The zero-order chi connectivity index (χ0) is 19.6. The summed E-state index contributed by atoms with van der Waals surface area (Å²) in [6.45, 7) is 3.28. The molecule has 0 radical (unpaired) electrons. The van der Waals surface area contributed by atoms with Crippen molar-refractivity contribution in [3.63, 3.8) is 0 Å². The Morgan fingerprint density at radius 1 is 1.15 bits per heavy atom. The number of fused-ring (bicyclic) bond motifs is 1. The lowest BCUT2D eigenvalue weighted by Gasteiger charge is -2.19. The van der Waals surface area contributed by atoms with Crippen LogP contribution in [0.15, 0.2) is 42.5 Å². The number of amides is 1. The van der Waals surface area contributed by atoms with Crippen LogP contribution in [0.25, 0.3) is 10.9 Å². The molecule has 0 spiro atoms. The van der Waals surface area contributed by atoms with Crippen molar-refractivity contribution >= 4 is 46.0 Å². The summed E-state index contributed by atoms with van der Waals surface area (Å²) in [5, 5.41) is 11.1. The smallest absolute Gasteiger partial charge is 0.360 e. The largest absolute Gasteiger partial charge is 0.448 e. The van der Waals surface area contributed by atoms with Crippen LogP contribution < -0.4 is 5.32 Å².